The molecule has 1 aromatic rings. The molecule has 1 atom stereocenters. The van der Waals surface area contributed by atoms with Crippen molar-refractivity contribution in [3.63, 3.8) is 0 Å². The summed E-state index contributed by atoms with van der Waals surface area (Å²) in [7, 11) is 4.12. The van der Waals surface area contributed by atoms with Crippen LogP contribution in [-0.4, -0.2) is 62.8 Å². The maximum atomic E-state index is 6.11. The van der Waals surface area contributed by atoms with Gasteiger partial charge in [0.25, 0.3) is 0 Å². The van der Waals surface area contributed by atoms with Crippen molar-refractivity contribution in [2.75, 3.05) is 46.2 Å². The summed E-state index contributed by atoms with van der Waals surface area (Å²) in [5.74, 6) is 4.18. The Labute approximate surface area is 155 Å². The summed E-state index contributed by atoms with van der Waals surface area (Å²) in [6, 6.07) is 4.78. The van der Waals surface area contributed by atoms with Crippen molar-refractivity contribution >= 4 is 11.8 Å². The van der Waals surface area contributed by atoms with Gasteiger partial charge in [-0.2, -0.15) is 11.8 Å². The van der Waals surface area contributed by atoms with E-state index < -0.39 is 0 Å². The third-order valence-electron chi connectivity index (χ3n) is 5.01. The molecule has 2 saturated heterocycles. The van der Waals surface area contributed by atoms with Crippen LogP contribution in [0.1, 0.15) is 37.2 Å². The first-order valence-corrected chi connectivity index (χ1v) is 10.6. The second-order valence-electron chi connectivity index (χ2n) is 7.45. The van der Waals surface area contributed by atoms with Crippen LogP contribution in [0.3, 0.4) is 0 Å². The molecule has 2 aliphatic heterocycles. The number of hydrogen-bond acceptors (Lipinski definition) is 6. The summed E-state index contributed by atoms with van der Waals surface area (Å²) in [4.78, 5) is 2.12. The van der Waals surface area contributed by atoms with E-state index in [2.05, 4.69) is 36.4 Å². The third-order valence-corrected chi connectivity index (χ3v) is 5.99. The summed E-state index contributed by atoms with van der Waals surface area (Å²) in [5, 5.41) is 3.73. The average Bonchev–Trinajstić information content (AvgIpc) is 3.02. The van der Waals surface area contributed by atoms with Crippen LogP contribution in [0.5, 0.6) is 0 Å². The van der Waals surface area contributed by atoms with Gasteiger partial charge in [-0.1, -0.05) is 0 Å². The maximum absolute atomic E-state index is 6.11. The zero-order chi connectivity index (χ0) is 17.5. The summed E-state index contributed by atoms with van der Waals surface area (Å²) in [5.41, 5.74) is 0.0817. The lowest BCUT2D eigenvalue weighted by Crippen LogP contribution is -2.50. The molecule has 0 aliphatic carbocycles. The fourth-order valence-corrected chi connectivity index (χ4v) is 4.46. The molecular weight excluding hydrogens is 336 g/mol. The number of nitrogens with one attached hydrogen (secondary N) is 1. The molecule has 0 amide bonds. The molecule has 1 spiro atoms. The number of rotatable bonds is 8. The molecule has 5 nitrogen and oxygen atoms in total. The molecule has 3 heterocycles. The number of thioether (sulfide) groups is 1. The summed E-state index contributed by atoms with van der Waals surface area (Å²) in [6.45, 7) is 4.49. The predicted octanol–water partition coefficient (Wildman–Crippen LogP) is 2.89. The van der Waals surface area contributed by atoms with E-state index in [1.807, 2.05) is 11.8 Å². The van der Waals surface area contributed by atoms with E-state index >= 15 is 0 Å². The van der Waals surface area contributed by atoms with E-state index in [0.717, 1.165) is 81.6 Å². The van der Waals surface area contributed by atoms with Gasteiger partial charge >= 0.3 is 0 Å². The zero-order valence-electron chi connectivity index (χ0n) is 15.6. The molecular formula is C19H32N2O3S. The zero-order valence-corrected chi connectivity index (χ0v) is 16.4. The van der Waals surface area contributed by atoms with Gasteiger partial charge in [0, 0.05) is 38.2 Å². The monoisotopic (exact) mass is 368 g/mol. The fraction of sp³-hybridized carbons (Fsp3) is 0.789. The molecule has 2 aliphatic rings. The molecule has 1 aromatic heterocycles. The van der Waals surface area contributed by atoms with Gasteiger partial charge in [-0.05, 0) is 51.9 Å². The second kappa shape index (κ2) is 9.42. The highest BCUT2D eigenvalue weighted by Gasteiger charge is 2.38. The van der Waals surface area contributed by atoms with E-state index in [1.54, 1.807) is 0 Å². The van der Waals surface area contributed by atoms with E-state index in [-0.39, 0.29) is 5.60 Å². The molecule has 3 rings (SSSR count). The molecule has 25 heavy (non-hydrogen) atoms. The van der Waals surface area contributed by atoms with Crippen LogP contribution < -0.4 is 5.32 Å². The Kier molecular flexibility index (Phi) is 7.25. The summed E-state index contributed by atoms with van der Waals surface area (Å²) in [6.07, 6.45) is 4.36. The predicted molar refractivity (Wildman–Crippen MR) is 102 cm³/mol. The topological polar surface area (TPSA) is 46.9 Å². The van der Waals surface area contributed by atoms with E-state index in [4.69, 9.17) is 13.9 Å². The standard InChI is InChI=1S/C19H32N2O3S/c1-21(2)14-17-3-4-18(24-17)15-25-12-8-20-16-5-9-23-19(13-16)6-10-22-11-7-19/h3-4,16,20H,5-15H2,1-2H3/t16-/m1/s1. The van der Waals surface area contributed by atoms with Crippen LogP contribution in [0.15, 0.2) is 16.5 Å². The summed E-state index contributed by atoms with van der Waals surface area (Å²) < 4.78 is 17.5. The van der Waals surface area contributed by atoms with Gasteiger partial charge in [0.05, 0.1) is 17.9 Å². The highest BCUT2D eigenvalue weighted by Crippen LogP contribution is 2.34. The van der Waals surface area contributed by atoms with Crippen LogP contribution >= 0.6 is 11.8 Å². The van der Waals surface area contributed by atoms with E-state index in [1.165, 1.54) is 0 Å². The summed E-state index contributed by atoms with van der Waals surface area (Å²) >= 11 is 1.93. The largest absolute Gasteiger partial charge is 0.464 e. The highest BCUT2D eigenvalue weighted by molar-refractivity contribution is 7.98. The van der Waals surface area contributed by atoms with Crippen LogP contribution in [0.2, 0.25) is 0 Å². The van der Waals surface area contributed by atoms with Crippen LogP contribution in [0.4, 0.5) is 0 Å². The Morgan fingerprint density at radius 1 is 1.20 bits per heavy atom. The molecule has 0 saturated carbocycles. The normalized spacial score (nSPS) is 23.4. The molecule has 0 aromatic carbocycles. The van der Waals surface area contributed by atoms with Crippen LogP contribution in [0.25, 0.3) is 0 Å². The second-order valence-corrected chi connectivity index (χ2v) is 8.55. The van der Waals surface area contributed by atoms with Crippen LogP contribution in [0, 0.1) is 0 Å². The smallest absolute Gasteiger partial charge is 0.118 e. The lowest BCUT2D eigenvalue weighted by molar-refractivity contribution is -0.140. The molecule has 2 fully saturated rings. The van der Waals surface area contributed by atoms with Gasteiger partial charge in [0.1, 0.15) is 11.5 Å². The van der Waals surface area contributed by atoms with Gasteiger partial charge in [0.15, 0.2) is 0 Å². The molecule has 0 bridgehead atoms. The molecule has 0 unspecified atom stereocenters. The minimum absolute atomic E-state index is 0.0817. The maximum Gasteiger partial charge on any atom is 0.118 e. The highest BCUT2D eigenvalue weighted by atomic mass is 32.2. The fourth-order valence-electron chi connectivity index (χ4n) is 3.70. The number of nitrogens with zero attached hydrogens (tertiary/aromatic N) is 1. The first kappa shape index (κ1) is 19.2. The van der Waals surface area contributed by atoms with Gasteiger partial charge in [0.2, 0.25) is 0 Å². The van der Waals surface area contributed by atoms with Crippen molar-refractivity contribution in [2.24, 2.45) is 0 Å². The van der Waals surface area contributed by atoms with Crippen molar-refractivity contribution in [1.29, 1.82) is 0 Å². The molecule has 142 valence electrons. The number of ether oxygens (including phenoxy) is 2. The Hall–Kier alpha value is -0.530. The van der Waals surface area contributed by atoms with Gasteiger partial charge in [-0.3, -0.25) is 0 Å². The van der Waals surface area contributed by atoms with Crippen LogP contribution in [-0.2, 0) is 21.8 Å². The van der Waals surface area contributed by atoms with Crippen molar-refractivity contribution in [3.8, 4) is 0 Å². The minimum atomic E-state index is 0.0817. The van der Waals surface area contributed by atoms with Crippen molar-refractivity contribution in [3.05, 3.63) is 23.7 Å². The lowest BCUT2D eigenvalue weighted by atomic mass is 9.84. The Bertz CT molecular complexity index is 509. The van der Waals surface area contributed by atoms with Crippen molar-refractivity contribution < 1.29 is 13.9 Å². The number of furan rings is 1. The van der Waals surface area contributed by atoms with E-state index in [9.17, 15) is 0 Å². The molecule has 0 radical (unpaired) electrons. The van der Waals surface area contributed by atoms with E-state index in [0.29, 0.717) is 6.04 Å². The Morgan fingerprint density at radius 2 is 2.00 bits per heavy atom. The third kappa shape index (κ3) is 6.00. The molecule has 6 heteroatoms. The van der Waals surface area contributed by atoms with Crippen molar-refractivity contribution in [2.45, 2.75) is 49.6 Å². The van der Waals surface area contributed by atoms with Gasteiger partial charge in [-0.25, -0.2) is 0 Å². The minimum Gasteiger partial charge on any atom is -0.464 e. The quantitative estimate of drug-likeness (QED) is 0.712. The Morgan fingerprint density at radius 3 is 2.80 bits per heavy atom. The van der Waals surface area contributed by atoms with Gasteiger partial charge < -0.3 is 24.1 Å². The first-order chi connectivity index (χ1) is 12.2. The Balaban J connectivity index is 1.31. The molecule has 1 N–H and O–H groups in total. The number of hydrogen-bond donors (Lipinski definition) is 1. The first-order valence-electron chi connectivity index (χ1n) is 9.40. The SMILES string of the molecule is CN(C)Cc1ccc(CSCCN[C@@H]2CCOC3(CCOCC3)C2)o1. The average molecular weight is 369 g/mol. The lowest BCUT2D eigenvalue weighted by Gasteiger charge is -2.43. The van der Waals surface area contributed by atoms with Gasteiger partial charge in [-0.15, -0.1) is 0 Å². The van der Waals surface area contributed by atoms with Crippen molar-refractivity contribution in [1.82, 2.24) is 10.2 Å².